The summed E-state index contributed by atoms with van der Waals surface area (Å²) < 4.78 is 1.66. The summed E-state index contributed by atoms with van der Waals surface area (Å²) in [6.45, 7) is 8.35. The first kappa shape index (κ1) is 15.7. The van der Waals surface area contributed by atoms with E-state index in [1.807, 2.05) is 27.8 Å². The van der Waals surface area contributed by atoms with E-state index in [4.69, 9.17) is 0 Å². The van der Waals surface area contributed by atoms with Crippen molar-refractivity contribution in [3.8, 4) is 0 Å². The highest BCUT2D eigenvalue weighted by Gasteiger charge is 2.22. The molecule has 0 aliphatic carbocycles. The van der Waals surface area contributed by atoms with Crippen LogP contribution in [0.5, 0.6) is 0 Å². The summed E-state index contributed by atoms with van der Waals surface area (Å²) in [4.78, 5) is 12.1. The van der Waals surface area contributed by atoms with Crippen LogP contribution < -0.4 is 5.32 Å². The third kappa shape index (κ3) is 4.67. The summed E-state index contributed by atoms with van der Waals surface area (Å²) in [5.74, 6) is -0.0939. The number of carbonyl (C=O) groups is 1. The predicted octanol–water partition coefficient (Wildman–Crippen LogP) is 1.51. The average molecular weight is 267 g/mol. The molecule has 0 saturated carbocycles. The van der Waals surface area contributed by atoms with E-state index >= 15 is 0 Å². The Labute approximate surface area is 115 Å². The number of amides is 1. The Morgan fingerprint density at radius 1 is 1.58 bits per heavy atom. The first-order valence-corrected chi connectivity index (χ1v) is 6.74. The van der Waals surface area contributed by atoms with Crippen molar-refractivity contribution < 1.29 is 9.90 Å². The topological polar surface area (TPSA) is 67.2 Å². The largest absolute Gasteiger partial charge is 0.393 e. The van der Waals surface area contributed by atoms with Crippen LogP contribution in [0.1, 0.15) is 50.2 Å². The summed E-state index contributed by atoms with van der Waals surface area (Å²) in [7, 11) is 1.81. The van der Waals surface area contributed by atoms with Crippen LogP contribution in [0.25, 0.3) is 0 Å². The smallest absolute Gasteiger partial charge is 0.254 e. The lowest BCUT2D eigenvalue weighted by atomic mass is 9.87. The van der Waals surface area contributed by atoms with E-state index in [2.05, 4.69) is 10.4 Å². The molecule has 1 rings (SSSR count). The molecule has 0 aromatic carbocycles. The maximum atomic E-state index is 12.1. The number of aliphatic hydroxyl groups excluding tert-OH is 1. The third-order valence-corrected chi connectivity index (χ3v) is 3.06. The van der Waals surface area contributed by atoms with Gasteiger partial charge in [-0.25, -0.2) is 0 Å². The lowest BCUT2D eigenvalue weighted by Crippen LogP contribution is -2.35. The third-order valence-electron chi connectivity index (χ3n) is 3.06. The van der Waals surface area contributed by atoms with E-state index in [1.165, 1.54) is 0 Å². The molecule has 1 unspecified atom stereocenters. The second-order valence-electron chi connectivity index (χ2n) is 5.92. The van der Waals surface area contributed by atoms with Gasteiger partial charge in [-0.1, -0.05) is 20.8 Å². The van der Waals surface area contributed by atoms with Gasteiger partial charge in [0, 0.05) is 19.8 Å². The Kier molecular flexibility index (Phi) is 5.11. The Hall–Kier alpha value is -1.36. The molecule has 0 saturated heterocycles. The van der Waals surface area contributed by atoms with Gasteiger partial charge in [0.2, 0.25) is 0 Å². The van der Waals surface area contributed by atoms with E-state index < -0.39 is 0 Å². The molecule has 0 spiro atoms. The summed E-state index contributed by atoms with van der Waals surface area (Å²) in [6, 6.07) is 0. The van der Waals surface area contributed by atoms with Crippen molar-refractivity contribution in [2.75, 3.05) is 6.54 Å². The Bertz CT molecular complexity index is 436. The van der Waals surface area contributed by atoms with Gasteiger partial charge >= 0.3 is 0 Å². The zero-order valence-corrected chi connectivity index (χ0v) is 12.5. The zero-order chi connectivity index (χ0) is 14.6. The maximum absolute atomic E-state index is 12.1. The molecule has 5 heteroatoms. The molecule has 0 fully saturated rings. The molecule has 1 aromatic rings. The molecule has 5 nitrogen and oxygen atoms in total. The molecule has 108 valence electrons. The van der Waals surface area contributed by atoms with Gasteiger partial charge in [0.1, 0.15) is 0 Å². The number of nitrogens with zero attached hydrogens (tertiary/aromatic N) is 2. The second kappa shape index (κ2) is 6.19. The predicted molar refractivity (Wildman–Crippen MR) is 75.0 cm³/mol. The van der Waals surface area contributed by atoms with Crippen molar-refractivity contribution in [1.29, 1.82) is 0 Å². The minimum Gasteiger partial charge on any atom is -0.393 e. The lowest BCUT2D eigenvalue weighted by molar-refractivity contribution is 0.0901. The number of aliphatic hydroxyl groups is 1. The standard InChI is InChI=1S/C14H25N3O2/c1-6-12-11(8-17(5)16-12)13(19)15-9-14(3,4)7-10(2)18/h8,10,18H,6-7,9H2,1-5H3,(H,15,19). The van der Waals surface area contributed by atoms with E-state index in [-0.39, 0.29) is 17.4 Å². The molecule has 1 atom stereocenters. The first-order valence-electron chi connectivity index (χ1n) is 6.74. The van der Waals surface area contributed by atoms with Gasteiger partial charge < -0.3 is 10.4 Å². The van der Waals surface area contributed by atoms with E-state index in [9.17, 15) is 9.90 Å². The highest BCUT2D eigenvalue weighted by Crippen LogP contribution is 2.21. The highest BCUT2D eigenvalue weighted by molar-refractivity contribution is 5.95. The average Bonchev–Trinajstić information content (AvgIpc) is 2.66. The Balaban J connectivity index is 2.65. The van der Waals surface area contributed by atoms with Gasteiger partial charge in [0.15, 0.2) is 0 Å². The Morgan fingerprint density at radius 3 is 2.74 bits per heavy atom. The van der Waals surface area contributed by atoms with Crippen LogP contribution in [0.2, 0.25) is 0 Å². The van der Waals surface area contributed by atoms with E-state index in [0.717, 1.165) is 12.1 Å². The van der Waals surface area contributed by atoms with Gasteiger partial charge in [0.25, 0.3) is 5.91 Å². The molecular formula is C14H25N3O2. The normalized spacial score (nSPS) is 13.4. The van der Waals surface area contributed by atoms with Crippen LogP contribution in [0.3, 0.4) is 0 Å². The summed E-state index contributed by atoms with van der Waals surface area (Å²) in [5.41, 5.74) is 1.32. The fourth-order valence-corrected chi connectivity index (χ4v) is 2.27. The first-order chi connectivity index (χ1) is 8.75. The van der Waals surface area contributed by atoms with Crippen molar-refractivity contribution >= 4 is 5.91 Å². The summed E-state index contributed by atoms with van der Waals surface area (Å²) in [5, 5.41) is 16.6. The van der Waals surface area contributed by atoms with Gasteiger partial charge in [-0.3, -0.25) is 9.48 Å². The van der Waals surface area contributed by atoms with Crippen molar-refractivity contribution in [3.05, 3.63) is 17.5 Å². The van der Waals surface area contributed by atoms with Crippen molar-refractivity contribution in [3.63, 3.8) is 0 Å². The highest BCUT2D eigenvalue weighted by atomic mass is 16.3. The number of rotatable bonds is 6. The van der Waals surface area contributed by atoms with Crippen LogP contribution in [0, 0.1) is 5.41 Å². The summed E-state index contributed by atoms with van der Waals surface area (Å²) in [6.07, 6.45) is 2.77. The fourth-order valence-electron chi connectivity index (χ4n) is 2.27. The minimum absolute atomic E-state index is 0.0939. The second-order valence-corrected chi connectivity index (χ2v) is 5.92. The molecular weight excluding hydrogens is 242 g/mol. The van der Waals surface area contributed by atoms with Crippen molar-refractivity contribution in [2.45, 2.75) is 46.6 Å². The number of hydrogen-bond donors (Lipinski definition) is 2. The molecule has 0 aliphatic heterocycles. The molecule has 1 aromatic heterocycles. The van der Waals surface area contributed by atoms with Crippen LogP contribution in [-0.4, -0.2) is 33.4 Å². The molecule has 2 N–H and O–H groups in total. The molecule has 1 heterocycles. The SMILES string of the molecule is CCc1nn(C)cc1C(=O)NCC(C)(C)CC(C)O. The monoisotopic (exact) mass is 267 g/mol. The van der Waals surface area contributed by atoms with Gasteiger partial charge in [-0.05, 0) is 25.2 Å². The van der Waals surface area contributed by atoms with Crippen LogP contribution in [-0.2, 0) is 13.5 Å². The number of carbonyl (C=O) groups excluding carboxylic acids is 1. The lowest BCUT2D eigenvalue weighted by Gasteiger charge is -2.26. The van der Waals surface area contributed by atoms with Gasteiger partial charge in [-0.2, -0.15) is 5.10 Å². The van der Waals surface area contributed by atoms with Crippen LogP contribution in [0.15, 0.2) is 6.20 Å². The maximum Gasteiger partial charge on any atom is 0.254 e. The quantitative estimate of drug-likeness (QED) is 0.821. The van der Waals surface area contributed by atoms with Crippen LogP contribution >= 0.6 is 0 Å². The number of aryl methyl sites for hydroxylation is 2. The molecule has 1 amide bonds. The number of hydrogen-bond acceptors (Lipinski definition) is 3. The fraction of sp³-hybridized carbons (Fsp3) is 0.714. The Morgan fingerprint density at radius 2 is 2.21 bits per heavy atom. The number of nitrogens with one attached hydrogen (secondary N) is 1. The molecule has 0 aliphatic rings. The van der Waals surface area contributed by atoms with Crippen molar-refractivity contribution in [2.24, 2.45) is 12.5 Å². The van der Waals surface area contributed by atoms with E-state index in [0.29, 0.717) is 18.5 Å². The molecule has 19 heavy (non-hydrogen) atoms. The van der Waals surface area contributed by atoms with Gasteiger partial charge in [-0.15, -0.1) is 0 Å². The van der Waals surface area contributed by atoms with Gasteiger partial charge in [0.05, 0.1) is 17.4 Å². The minimum atomic E-state index is -0.364. The molecule has 0 radical (unpaired) electrons. The molecule has 0 bridgehead atoms. The van der Waals surface area contributed by atoms with E-state index in [1.54, 1.807) is 17.8 Å². The van der Waals surface area contributed by atoms with Crippen molar-refractivity contribution in [1.82, 2.24) is 15.1 Å². The summed E-state index contributed by atoms with van der Waals surface area (Å²) >= 11 is 0. The van der Waals surface area contributed by atoms with Crippen LogP contribution in [0.4, 0.5) is 0 Å². The zero-order valence-electron chi connectivity index (χ0n) is 12.5. The number of aromatic nitrogens is 2.